The Morgan fingerprint density at radius 2 is 1.95 bits per heavy atom. The lowest BCUT2D eigenvalue weighted by Gasteiger charge is -2.36. The van der Waals surface area contributed by atoms with Crippen molar-refractivity contribution in [3.8, 4) is 5.75 Å². The number of piperazine rings is 1. The van der Waals surface area contributed by atoms with E-state index in [-0.39, 0.29) is 0 Å². The fourth-order valence-corrected chi connectivity index (χ4v) is 3.13. The molecule has 6 heteroatoms. The first kappa shape index (κ1) is 13.1. The molecule has 0 spiro atoms. The van der Waals surface area contributed by atoms with Crippen molar-refractivity contribution in [2.45, 2.75) is 0 Å². The van der Waals surface area contributed by atoms with E-state index in [4.69, 9.17) is 10.5 Å². The first-order chi connectivity index (χ1) is 9.78. The maximum absolute atomic E-state index is 6.08. The van der Waals surface area contributed by atoms with Gasteiger partial charge >= 0.3 is 0 Å². The van der Waals surface area contributed by atoms with Gasteiger partial charge in [0.05, 0.1) is 18.5 Å². The number of rotatable bonds is 3. The van der Waals surface area contributed by atoms with Crippen LogP contribution in [0.3, 0.4) is 0 Å². The predicted molar refractivity (Wildman–Crippen MR) is 83.9 cm³/mol. The fourth-order valence-electron chi connectivity index (χ4n) is 2.44. The Kier molecular flexibility index (Phi) is 3.64. The number of hydrogen-bond acceptors (Lipinski definition) is 6. The van der Waals surface area contributed by atoms with E-state index in [0.717, 1.165) is 48.4 Å². The van der Waals surface area contributed by atoms with Crippen molar-refractivity contribution in [1.29, 1.82) is 0 Å². The molecule has 2 heterocycles. The molecule has 2 N–H and O–H groups in total. The highest BCUT2D eigenvalue weighted by Gasteiger charge is 2.20. The Balaban J connectivity index is 1.72. The molecular weight excluding hydrogens is 272 g/mol. The molecule has 20 heavy (non-hydrogen) atoms. The van der Waals surface area contributed by atoms with Crippen molar-refractivity contribution >= 4 is 27.8 Å². The van der Waals surface area contributed by atoms with Gasteiger partial charge in [0.25, 0.3) is 0 Å². The third-order valence-corrected chi connectivity index (χ3v) is 4.38. The lowest BCUT2D eigenvalue weighted by Crippen LogP contribution is -2.46. The van der Waals surface area contributed by atoms with Crippen LogP contribution in [0.5, 0.6) is 5.75 Å². The molecular formula is C14H18N4OS. The minimum Gasteiger partial charge on any atom is -0.497 e. The van der Waals surface area contributed by atoms with Gasteiger partial charge in [-0.25, -0.2) is 4.98 Å². The van der Waals surface area contributed by atoms with E-state index in [1.54, 1.807) is 18.4 Å². The lowest BCUT2D eigenvalue weighted by atomic mass is 10.2. The summed E-state index contributed by atoms with van der Waals surface area (Å²) in [6.07, 6.45) is 1.85. The van der Waals surface area contributed by atoms with E-state index < -0.39 is 0 Å². The summed E-state index contributed by atoms with van der Waals surface area (Å²) in [7, 11) is 1.68. The molecule has 1 aromatic carbocycles. The first-order valence-corrected chi connectivity index (χ1v) is 7.49. The smallest absolute Gasteiger partial charge is 0.185 e. The van der Waals surface area contributed by atoms with Crippen LogP contribution in [-0.4, -0.2) is 38.3 Å². The zero-order chi connectivity index (χ0) is 13.9. The van der Waals surface area contributed by atoms with Crippen molar-refractivity contribution in [2.24, 2.45) is 0 Å². The number of nitrogens with two attached hydrogens (primary N) is 1. The van der Waals surface area contributed by atoms with Crippen LogP contribution < -0.4 is 20.3 Å². The minimum atomic E-state index is 0.800. The lowest BCUT2D eigenvalue weighted by molar-refractivity contribution is 0.415. The topological polar surface area (TPSA) is 54.6 Å². The van der Waals surface area contributed by atoms with Gasteiger partial charge in [-0.3, -0.25) is 0 Å². The molecule has 0 bridgehead atoms. The monoisotopic (exact) mass is 290 g/mol. The van der Waals surface area contributed by atoms with Crippen LogP contribution in [-0.2, 0) is 0 Å². The van der Waals surface area contributed by atoms with E-state index in [0.29, 0.717) is 0 Å². The normalized spacial score (nSPS) is 15.4. The molecule has 0 amide bonds. The number of nitrogen functional groups attached to an aromatic ring is 1. The van der Waals surface area contributed by atoms with Gasteiger partial charge < -0.3 is 20.3 Å². The first-order valence-electron chi connectivity index (χ1n) is 6.61. The molecule has 1 aliphatic rings. The standard InChI is InChI=1S/C14H18N4OS/c1-19-11-2-3-12(15)13(10-11)17-5-7-18(8-6-17)14-16-4-9-20-14/h2-4,9-10H,5-8,15H2,1H3. The molecule has 1 fully saturated rings. The number of methoxy groups -OCH3 is 1. The SMILES string of the molecule is COc1ccc(N)c(N2CCN(c3nccs3)CC2)c1. The molecule has 5 nitrogen and oxygen atoms in total. The summed E-state index contributed by atoms with van der Waals surface area (Å²) >= 11 is 1.69. The van der Waals surface area contributed by atoms with Gasteiger partial charge in [0.15, 0.2) is 5.13 Å². The van der Waals surface area contributed by atoms with Crippen LogP contribution in [0.1, 0.15) is 0 Å². The van der Waals surface area contributed by atoms with Gasteiger partial charge in [0.1, 0.15) is 5.75 Å². The fraction of sp³-hybridized carbons (Fsp3) is 0.357. The van der Waals surface area contributed by atoms with Crippen LogP contribution in [0, 0.1) is 0 Å². The summed E-state index contributed by atoms with van der Waals surface area (Å²) < 4.78 is 5.28. The van der Waals surface area contributed by atoms with Gasteiger partial charge in [-0.1, -0.05) is 0 Å². The number of aromatic nitrogens is 1. The Labute approximate surface area is 122 Å². The van der Waals surface area contributed by atoms with Crippen LogP contribution in [0.2, 0.25) is 0 Å². The third kappa shape index (κ3) is 2.51. The zero-order valence-electron chi connectivity index (χ0n) is 11.5. The molecule has 1 aromatic heterocycles. The van der Waals surface area contributed by atoms with Gasteiger partial charge in [-0.15, -0.1) is 11.3 Å². The average molecular weight is 290 g/mol. The van der Waals surface area contributed by atoms with E-state index in [9.17, 15) is 0 Å². The van der Waals surface area contributed by atoms with Crippen molar-refractivity contribution in [3.63, 3.8) is 0 Å². The second kappa shape index (κ2) is 5.58. The molecule has 0 aliphatic carbocycles. The Morgan fingerprint density at radius 1 is 1.20 bits per heavy atom. The molecule has 0 radical (unpaired) electrons. The van der Waals surface area contributed by atoms with Crippen LogP contribution in [0.4, 0.5) is 16.5 Å². The Hall–Kier alpha value is -1.95. The molecule has 2 aromatic rings. The number of thiazole rings is 1. The molecule has 0 atom stereocenters. The maximum Gasteiger partial charge on any atom is 0.185 e. The molecule has 106 valence electrons. The second-order valence-electron chi connectivity index (χ2n) is 4.71. The summed E-state index contributed by atoms with van der Waals surface area (Å²) in [6, 6.07) is 5.81. The molecule has 0 saturated carbocycles. The summed E-state index contributed by atoms with van der Waals surface area (Å²) in [4.78, 5) is 8.99. The third-order valence-electron chi connectivity index (χ3n) is 3.55. The van der Waals surface area contributed by atoms with E-state index >= 15 is 0 Å². The summed E-state index contributed by atoms with van der Waals surface area (Å²) in [5.74, 6) is 0.844. The number of hydrogen-bond donors (Lipinski definition) is 1. The van der Waals surface area contributed by atoms with Crippen molar-refractivity contribution in [2.75, 3.05) is 48.8 Å². The van der Waals surface area contributed by atoms with Gasteiger partial charge in [0.2, 0.25) is 0 Å². The van der Waals surface area contributed by atoms with Crippen molar-refractivity contribution in [1.82, 2.24) is 4.98 Å². The summed E-state index contributed by atoms with van der Waals surface area (Å²) in [6.45, 7) is 3.81. The number of benzene rings is 1. The number of anilines is 3. The molecule has 1 saturated heterocycles. The van der Waals surface area contributed by atoms with Crippen LogP contribution in [0.15, 0.2) is 29.8 Å². The summed E-state index contributed by atoms with van der Waals surface area (Å²) in [5.41, 5.74) is 7.94. The van der Waals surface area contributed by atoms with Gasteiger partial charge in [0, 0.05) is 43.8 Å². The molecule has 1 aliphatic heterocycles. The average Bonchev–Trinajstić information content (AvgIpc) is 3.02. The highest BCUT2D eigenvalue weighted by Crippen LogP contribution is 2.29. The number of ether oxygens (including phenoxy) is 1. The highest BCUT2D eigenvalue weighted by atomic mass is 32.1. The Bertz CT molecular complexity index is 565. The predicted octanol–water partition coefficient (Wildman–Crippen LogP) is 2.06. The van der Waals surface area contributed by atoms with Crippen molar-refractivity contribution < 1.29 is 4.74 Å². The minimum absolute atomic E-state index is 0.800. The summed E-state index contributed by atoms with van der Waals surface area (Å²) in [5, 5.41) is 3.12. The van der Waals surface area contributed by atoms with E-state index in [2.05, 4.69) is 14.8 Å². The van der Waals surface area contributed by atoms with Gasteiger partial charge in [-0.05, 0) is 12.1 Å². The zero-order valence-corrected chi connectivity index (χ0v) is 12.3. The Morgan fingerprint density at radius 3 is 2.60 bits per heavy atom. The van der Waals surface area contributed by atoms with E-state index in [1.807, 2.05) is 29.8 Å². The maximum atomic E-state index is 6.08. The van der Waals surface area contributed by atoms with Crippen LogP contribution >= 0.6 is 11.3 Å². The highest BCUT2D eigenvalue weighted by molar-refractivity contribution is 7.13. The largest absolute Gasteiger partial charge is 0.497 e. The van der Waals surface area contributed by atoms with Gasteiger partial charge in [-0.2, -0.15) is 0 Å². The molecule has 3 rings (SSSR count). The second-order valence-corrected chi connectivity index (χ2v) is 5.59. The van der Waals surface area contributed by atoms with Crippen LogP contribution in [0.25, 0.3) is 0 Å². The molecule has 0 unspecified atom stereocenters. The number of nitrogens with zero attached hydrogens (tertiary/aromatic N) is 3. The van der Waals surface area contributed by atoms with E-state index in [1.165, 1.54) is 0 Å². The quantitative estimate of drug-likeness (QED) is 0.877. The van der Waals surface area contributed by atoms with Crippen molar-refractivity contribution in [3.05, 3.63) is 29.8 Å².